The van der Waals surface area contributed by atoms with Gasteiger partial charge in [-0.25, -0.2) is 0 Å². The summed E-state index contributed by atoms with van der Waals surface area (Å²) in [4.78, 5) is 14.8. The van der Waals surface area contributed by atoms with Gasteiger partial charge in [-0.3, -0.25) is 14.4 Å². The Morgan fingerprint density at radius 2 is 2.21 bits per heavy atom. The van der Waals surface area contributed by atoms with Crippen LogP contribution < -0.4 is 5.32 Å². The van der Waals surface area contributed by atoms with Crippen molar-refractivity contribution in [2.75, 3.05) is 13.6 Å². The highest BCUT2D eigenvalue weighted by molar-refractivity contribution is 5.93. The number of rotatable bonds is 5. The standard InChI is InChI=1S/C20H26N6O2/c1-5-26-14(3)19(13(2)22-26)18-9-17(23-28-18)20(27)21-10-16-12-25-8-6-7-15(25)11-24(16)4/h6-9,16H,5,10-12H2,1-4H3,(H,21,27). The molecule has 8 heteroatoms. The highest BCUT2D eigenvalue weighted by Crippen LogP contribution is 2.27. The van der Waals surface area contributed by atoms with Gasteiger partial charge >= 0.3 is 0 Å². The van der Waals surface area contributed by atoms with Crippen molar-refractivity contribution in [2.24, 2.45) is 0 Å². The van der Waals surface area contributed by atoms with Gasteiger partial charge in [0.15, 0.2) is 11.5 Å². The van der Waals surface area contributed by atoms with E-state index in [1.54, 1.807) is 6.07 Å². The molecule has 148 valence electrons. The van der Waals surface area contributed by atoms with Crippen LogP contribution >= 0.6 is 0 Å². The van der Waals surface area contributed by atoms with Gasteiger partial charge in [-0.05, 0) is 40.0 Å². The van der Waals surface area contributed by atoms with Crippen LogP contribution in [0.1, 0.15) is 34.5 Å². The summed E-state index contributed by atoms with van der Waals surface area (Å²) in [6.07, 6.45) is 2.09. The quantitative estimate of drug-likeness (QED) is 0.732. The number of nitrogens with zero attached hydrogens (tertiary/aromatic N) is 5. The lowest BCUT2D eigenvalue weighted by Gasteiger charge is -2.34. The third-order valence-electron chi connectivity index (χ3n) is 5.53. The van der Waals surface area contributed by atoms with Gasteiger partial charge in [-0.1, -0.05) is 5.16 Å². The first-order valence-electron chi connectivity index (χ1n) is 9.61. The van der Waals surface area contributed by atoms with Gasteiger partial charge < -0.3 is 14.4 Å². The fourth-order valence-corrected chi connectivity index (χ4v) is 3.91. The molecule has 28 heavy (non-hydrogen) atoms. The van der Waals surface area contributed by atoms with Crippen molar-refractivity contribution in [2.45, 2.75) is 46.4 Å². The van der Waals surface area contributed by atoms with Gasteiger partial charge in [-0.15, -0.1) is 0 Å². The number of carbonyl (C=O) groups excluding carboxylic acids is 1. The van der Waals surface area contributed by atoms with E-state index in [0.717, 1.165) is 36.6 Å². The average Bonchev–Trinajstić information content (AvgIpc) is 3.38. The summed E-state index contributed by atoms with van der Waals surface area (Å²) in [6, 6.07) is 6.13. The van der Waals surface area contributed by atoms with E-state index in [-0.39, 0.29) is 17.6 Å². The van der Waals surface area contributed by atoms with Gasteiger partial charge in [0.1, 0.15) is 0 Å². The fourth-order valence-electron chi connectivity index (χ4n) is 3.91. The highest BCUT2D eigenvalue weighted by atomic mass is 16.5. The second-order valence-corrected chi connectivity index (χ2v) is 7.37. The Morgan fingerprint density at radius 3 is 2.96 bits per heavy atom. The van der Waals surface area contributed by atoms with Gasteiger partial charge in [0, 0.05) is 55.9 Å². The Morgan fingerprint density at radius 1 is 1.39 bits per heavy atom. The maximum atomic E-state index is 12.6. The van der Waals surface area contributed by atoms with Crippen LogP contribution in [0.25, 0.3) is 11.3 Å². The third-order valence-corrected chi connectivity index (χ3v) is 5.53. The van der Waals surface area contributed by atoms with Crippen molar-refractivity contribution in [3.8, 4) is 11.3 Å². The van der Waals surface area contributed by atoms with Crippen molar-refractivity contribution in [1.29, 1.82) is 0 Å². The van der Waals surface area contributed by atoms with E-state index in [2.05, 4.69) is 50.4 Å². The van der Waals surface area contributed by atoms with Gasteiger partial charge in [0.2, 0.25) is 0 Å². The maximum absolute atomic E-state index is 12.6. The first-order valence-corrected chi connectivity index (χ1v) is 9.61. The molecule has 0 radical (unpaired) electrons. The van der Waals surface area contributed by atoms with Crippen molar-refractivity contribution in [3.63, 3.8) is 0 Å². The lowest BCUT2D eigenvalue weighted by Crippen LogP contribution is -2.47. The van der Waals surface area contributed by atoms with Crippen LogP contribution in [0, 0.1) is 13.8 Å². The molecule has 0 spiro atoms. The molecular weight excluding hydrogens is 356 g/mol. The van der Waals surface area contributed by atoms with Gasteiger partial charge in [-0.2, -0.15) is 5.10 Å². The second kappa shape index (κ2) is 7.27. The zero-order valence-electron chi connectivity index (χ0n) is 16.8. The Kier molecular flexibility index (Phi) is 4.80. The molecule has 4 heterocycles. The summed E-state index contributed by atoms with van der Waals surface area (Å²) in [6.45, 7) is 9.05. The van der Waals surface area contributed by atoms with E-state index in [1.165, 1.54) is 5.69 Å². The molecule has 0 bridgehead atoms. The number of hydrogen-bond acceptors (Lipinski definition) is 5. The molecule has 3 aromatic heterocycles. The van der Waals surface area contributed by atoms with Crippen molar-refractivity contribution < 1.29 is 9.32 Å². The molecule has 3 aromatic rings. The summed E-state index contributed by atoms with van der Waals surface area (Å²) in [5.74, 6) is 0.353. The van der Waals surface area contributed by atoms with E-state index in [4.69, 9.17) is 4.52 Å². The van der Waals surface area contributed by atoms with Crippen LogP contribution in [-0.4, -0.2) is 49.9 Å². The largest absolute Gasteiger partial charge is 0.355 e. The van der Waals surface area contributed by atoms with Crippen molar-refractivity contribution >= 4 is 5.91 Å². The molecule has 0 saturated carbocycles. The molecule has 1 aliphatic heterocycles. The summed E-state index contributed by atoms with van der Waals surface area (Å²) >= 11 is 0. The van der Waals surface area contributed by atoms with E-state index in [9.17, 15) is 4.79 Å². The smallest absolute Gasteiger partial charge is 0.273 e. The summed E-state index contributed by atoms with van der Waals surface area (Å²) in [7, 11) is 2.08. The molecular formula is C20H26N6O2. The van der Waals surface area contributed by atoms with Crippen LogP contribution in [0.2, 0.25) is 0 Å². The fraction of sp³-hybridized carbons (Fsp3) is 0.450. The number of fused-ring (bicyclic) bond motifs is 1. The Labute approximate surface area is 164 Å². The number of aromatic nitrogens is 4. The monoisotopic (exact) mass is 382 g/mol. The second-order valence-electron chi connectivity index (χ2n) is 7.37. The maximum Gasteiger partial charge on any atom is 0.273 e. The Balaban J connectivity index is 1.43. The number of aryl methyl sites for hydroxylation is 2. The predicted molar refractivity (Wildman–Crippen MR) is 105 cm³/mol. The van der Waals surface area contributed by atoms with Crippen LogP contribution in [0.3, 0.4) is 0 Å². The Bertz CT molecular complexity index is 998. The minimum Gasteiger partial charge on any atom is -0.355 e. The highest BCUT2D eigenvalue weighted by Gasteiger charge is 2.24. The molecule has 1 atom stereocenters. The van der Waals surface area contributed by atoms with E-state index < -0.39 is 0 Å². The molecule has 1 unspecified atom stereocenters. The Hall–Kier alpha value is -2.87. The minimum absolute atomic E-state index is 0.222. The predicted octanol–water partition coefficient (Wildman–Crippen LogP) is 2.22. The molecule has 4 rings (SSSR count). The van der Waals surface area contributed by atoms with Crippen molar-refractivity contribution in [3.05, 3.63) is 47.2 Å². The normalized spacial score (nSPS) is 16.9. The molecule has 1 aliphatic rings. The summed E-state index contributed by atoms with van der Waals surface area (Å²) < 4.78 is 9.62. The lowest BCUT2D eigenvalue weighted by molar-refractivity contribution is 0.0916. The molecule has 0 aliphatic carbocycles. The topological polar surface area (TPSA) is 81.1 Å². The third kappa shape index (κ3) is 3.24. The van der Waals surface area contributed by atoms with Crippen LogP contribution in [0.4, 0.5) is 0 Å². The molecule has 0 aromatic carbocycles. The number of likely N-dealkylation sites (N-methyl/N-ethyl adjacent to an activating group) is 1. The number of nitrogens with one attached hydrogen (secondary N) is 1. The van der Waals surface area contributed by atoms with Crippen LogP contribution in [-0.2, 0) is 19.6 Å². The SMILES string of the molecule is CCn1nc(C)c(-c2cc(C(=O)NCC3Cn4cccc4CN3C)no2)c1C. The molecule has 8 nitrogen and oxygen atoms in total. The number of carbonyl (C=O) groups is 1. The van der Waals surface area contributed by atoms with E-state index >= 15 is 0 Å². The van der Waals surface area contributed by atoms with Crippen molar-refractivity contribution in [1.82, 2.24) is 29.7 Å². The van der Waals surface area contributed by atoms with Gasteiger partial charge in [0.25, 0.3) is 5.91 Å². The first kappa shape index (κ1) is 18.5. The molecule has 0 saturated heterocycles. The van der Waals surface area contributed by atoms with E-state index in [0.29, 0.717) is 12.3 Å². The van der Waals surface area contributed by atoms with Gasteiger partial charge in [0.05, 0.1) is 11.3 Å². The number of amides is 1. The van der Waals surface area contributed by atoms with E-state index in [1.807, 2.05) is 25.5 Å². The zero-order chi connectivity index (χ0) is 19.8. The number of hydrogen-bond donors (Lipinski definition) is 1. The average molecular weight is 382 g/mol. The van der Waals surface area contributed by atoms with Crippen LogP contribution in [0.5, 0.6) is 0 Å². The lowest BCUT2D eigenvalue weighted by atomic mass is 10.1. The minimum atomic E-state index is -0.222. The molecule has 1 N–H and O–H groups in total. The molecule has 1 amide bonds. The summed E-state index contributed by atoms with van der Waals surface area (Å²) in [5.41, 5.74) is 4.37. The van der Waals surface area contributed by atoms with Crippen LogP contribution in [0.15, 0.2) is 28.9 Å². The first-order chi connectivity index (χ1) is 13.5. The zero-order valence-corrected chi connectivity index (χ0v) is 16.8. The molecule has 0 fully saturated rings. The summed E-state index contributed by atoms with van der Waals surface area (Å²) in [5, 5.41) is 11.5.